The van der Waals surface area contributed by atoms with Gasteiger partial charge in [-0.3, -0.25) is 9.59 Å². The molecule has 0 aliphatic rings. The molecule has 0 saturated heterocycles. The van der Waals surface area contributed by atoms with Gasteiger partial charge in [0.15, 0.2) is 6.10 Å². The van der Waals surface area contributed by atoms with Crippen LogP contribution in [0.15, 0.2) is 54.6 Å². The second kappa shape index (κ2) is 7.26. The summed E-state index contributed by atoms with van der Waals surface area (Å²) in [6.45, 7) is 3.09. The van der Waals surface area contributed by atoms with Crippen molar-refractivity contribution in [1.82, 2.24) is 0 Å². The summed E-state index contributed by atoms with van der Waals surface area (Å²) in [5.74, 6) is 0.136. The number of carbonyl (C=O) groups is 2. The summed E-state index contributed by atoms with van der Waals surface area (Å²) in [5.41, 5.74) is 1.08. The minimum atomic E-state index is -0.659. The highest BCUT2D eigenvalue weighted by molar-refractivity contribution is 6.00. The summed E-state index contributed by atoms with van der Waals surface area (Å²) >= 11 is 0. The van der Waals surface area contributed by atoms with Crippen molar-refractivity contribution < 1.29 is 14.3 Å². The number of nitrogens with one attached hydrogen (secondary N) is 2. The summed E-state index contributed by atoms with van der Waals surface area (Å²) in [6, 6.07) is 16.1. The molecule has 2 rings (SSSR count). The van der Waals surface area contributed by atoms with Crippen molar-refractivity contribution >= 4 is 23.2 Å². The third-order valence-electron chi connectivity index (χ3n) is 2.92. The van der Waals surface area contributed by atoms with Gasteiger partial charge in [-0.1, -0.05) is 30.3 Å². The molecule has 2 amide bonds. The molecular weight excluding hydrogens is 280 g/mol. The zero-order valence-corrected chi connectivity index (χ0v) is 12.5. The quantitative estimate of drug-likeness (QED) is 0.891. The van der Waals surface area contributed by atoms with E-state index >= 15 is 0 Å². The first-order chi connectivity index (χ1) is 10.6. The minimum Gasteiger partial charge on any atom is -0.481 e. The Morgan fingerprint density at radius 1 is 0.909 bits per heavy atom. The zero-order chi connectivity index (χ0) is 15.9. The molecule has 5 nitrogen and oxygen atoms in total. The first-order valence-corrected chi connectivity index (χ1v) is 6.95. The Morgan fingerprint density at radius 3 is 2.05 bits per heavy atom. The van der Waals surface area contributed by atoms with Gasteiger partial charge in [-0.05, 0) is 31.2 Å². The first-order valence-electron chi connectivity index (χ1n) is 6.95. The molecule has 5 heteroatoms. The summed E-state index contributed by atoms with van der Waals surface area (Å²) in [6.07, 6.45) is -0.659. The summed E-state index contributed by atoms with van der Waals surface area (Å²) in [5, 5.41) is 5.43. The molecule has 2 aromatic carbocycles. The zero-order valence-electron chi connectivity index (χ0n) is 12.5. The van der Waals surface area contributed by atoms with Gasteiger partial charge < -0.3 is 15.4 Å². The number of hydrogen-bond acceptors (Lipinski definition) is 3. The van der Waals surface area contributed by atoms with Gasteiger partial charge >= 0.3 is 0 Å². The molecule has 0 spiro atoms. The minimum absolute atomic E-state index is 0.199. The molecule has 2 N–H and O–H groups in total. The lowest BCUT2D eigenvalue weighted by molar-refractivity contribution is -0.122. The van der Waals surface area contributed by atoms with Gasteiger partial charge in [0.1, 0.15) is 5.75 Å². The van der Waals surface area contributed by atoms with Crippen LogP contribution in [0.3, 0.4) is 0 Å². The van der Waals surface area contributed by atoms with Crippen LogP contribution in [-0.4, -0.2) is 17.9 Å². The van der Waals surface area contributed by atoms with Crippen LogP contribution in [-0.2, 0) is 9.59 Å². The highest BCUT2D eigenvalue weighted by atomic mass is 16.5. The van der Waals surface area contributed by atoms with Crippen LogP contribution >= 0.6 is 0 Å². The average molecular weight is 298 g/mol. The lowest BCUT2D eigenvalue weighted by atomic mass is 10.2. The van der Waals surface area contributed by atoms with E-state index in [0.29, 0.717) is 17.1 Å². The average Bonchev–Trinajstić information content (AvgIpc) is 2.49. The van der Waals surface area contributed by atoms with Crippen molar-refractivity contribution in [2.24, 2.45) is 0 Å². The molecule has 0 fully saturated rings. The number of rotatable bonds is 5. The highest BCUT2D eigenvalue weighted by Crippen LogP contribution is 2.21. The van der Waals surface area contributed by atoms with Crippen molar-refractivity contribution in [3.8, 4) is 5.75 Å². The van der Waals surface area contributed by atoms with Gasteiger partial charge in [-0.15, -0.1) is 0 Å². The van der Waals surface area contributed by atoms with Crippen LogP contribution in [0.4, 0.5) is 11.4 Å². The molecule has 114 valence electrons. The molecule has 2 aromatic rings. The SMILES string of the molecule is CC(=O)Nc1ccccc1NC(=O)[C@@H](C)Oc1ccccc1. The normalized spacial score (nSPS) is 11.4. The highest BCUT2D eigenvalue weighted by Gasteiger charge is 2.16. The van der Waals surface area contributed by atoms with Crippen LogP contribution < -0.4 is 15.4 Å². The lowest BCUT2D eigenvalue weighted by Gasteiger charge is -2.16. The van der Waals surface area contributed by atoms with Crippen LogP contribution in [0, 0.1) is 0 Å². The van der Waals surface area contributed by atoms with Gasteiger partial charge in [0, 0.05) is 6.92 Å². The molecule has 0 unspecified atom stereocenters. The van der Waals surface area contributed by atoms with E-state index in [9.17, 15) is 9.59 Å². The molecule has 22 heavy (non-hydrogen) atoms. The Balaban J connectivity index is 2.04. The van der Waals surface area contributed by atoms with E-state index in [1.54, 1.807) is 43.3 Å². The number of ether oxygens (including phenoxy) is 1. The molecule has 0 aliphatic carbocycles. The van der Waals surface area contributed by atoms with Crippen LogP contribution in [0.1, 0.15) is 13.8 Å². The number of anilines is 2. The van der Waals surface area contributed by atoms with E-state index in [-0.39, 0.29) is 11.8 Å². The second-order valence-corrected chi connectivity index (χ2v) is 4.79. The third kappa shape index (κ3) is 4.34. The molecule has 0 saturated carbocycles. The topological polar surface area (TPSA) is 67.4 Å². The van der Waals surface area contributed by atoms with Gasteiger partial charge in [0.05, 0.1) is 11.4 Å². The number of amides is 2. The van der Waals surface area contributed by atoms with E-state index in [4.69, 9.17) is 4.74 Å². The van der Waals surface area contributed by atoms with Crippen molar-refractivity contribution in [3.63, 3.8) is 0 Å². The second-order valence-electron chi connectivity index (χ2n) is 4.79. The van der Waals surface area contributed by atoms with Crippen molar-refractivity contribution in [2.75, 3.05) is 10.6 Å². The predicted octanol–water partition coefficient (Wildman–Crippen LogP) is 3.05. The van der Waals surface area contributed by atoms with Crippen LogP contribution in [0.2, 0.25) is 0 Å². The number of carbonyl (C=O) groups excluding carboxylic acids is 2. The summed E-state index contributed by atoms with van der Waals surface area (Å²) in [7, 11) is 0. The fraction of sp³-hybridized carbons (Fsp3) is 0.176. The maximum absolute atomic E-state index is 12.2. The monoisotopic (exact) mass is 298 g/mol. The Morgan fingerprint density at radius 2 is 1.45 bits per heavy atom. The fourth-order valence-corrected chi connectivity index (χ4v) is 1.88. The largest absolute Gasteiger partial charge is 0.481 e. The summed E-state index contributed by atoms with van der Waals surface area (Å²) in [4.78, 5) is 23.4. The maximum Gasteiger partial charge on any atom is 0.265 e. The smallest absolute Gasteiger partial charge is 0.265 e. The van der Waals surface area contributed by atoms with Crippen molar-refractivity contribution in [2.45, 2.75) is 20.0 Å². The number of benzene rings is 2. The van der Waals surface area contributed by atoms with Gasteiger partial charge in [-0.25, -0.2) is 0 Å². The maximum atomic E-state index is 12.2. The Bertz CT molecular complexity index is 656. The van der Waals surface area contributed by atoms with Crippen LogP contribution in [0.25, 0.3) is 0 Å². The Labute approximate surface area is 129 Å². The standard InChI is InChI=1S/C17H18N2O3/c1-12(22-14-8-4-3-5-9-14)17(21)19-16-11-7-6-10-15(16)18-13(2)20/h3-12H,1-2H3,(H,18,20)(H,19,21)/t12-/m1/s1. The Hall–Kier alpha value is -2.82. The fourth-order valence-electron chi connectivity index (χ4n) is 1.88. The lowest BCUT2D eigenvalue weighted by Crippen LogP contribution is -2.30. The van der Waals surface area contributed by atoms with Gasteiger partial charge in [0.2, 0.25) is 5.91 Å². The first kappa shape index (κ1) is 15.6. The van der Waals surface area contributed by atoms with Crippen molar-refractivity contribution in [3.05, 3.63) is 54.6 Å². The van der Waals surface area contributed by atoms with Gasteiger partial charge in [-0.2, -0.15) is 0 Å². The number of hydrogen-bond donors (Lipinski definition) is 2. The van der Waals surface area contributed by atoms with E-state index < -0.39 is 6.10 Å². The molecule has 0 heterocycles. The molecule has 0 aromatic heterocycles. The van der Waals surface area contributed by atoms with Gasteiger partial charge in [0.25, 0.3) is 5.91 Å². The molecule has 0 aliphatic heterocycles. The molecule has 1 atom stereocenters. The third-order valence-corrected chi connectivity index (χ3v) is 2.92. The molecular formula is C17H18N2O3. The van der Waals surface area contributed by atoms with E-state index in [1.165, 1.54) is 6.92 Å². The van der Waals surface area contributed by atoms with E-state index in [2.05, 4.69) is 10.6 Å². The van der Waals surface area contributed by atoms with E-state index in [1.807, 2.05) is 18.2 Å². The summed E-state index contributed by atoms with van der Waals surface area (Å²) < 4.78 is 5.57. The van der Waals surface area contributed by atoms with Crippen molar-refractivity contribution in [1.29, 1.82) is 0 Å². The molecule has 0 radical (unpaired) electrons. The van der Waals surface area contributed by atoms with Crippen LogP contribution in [0.5, 0.6) is 5.75 Å². The predicted molar refractivity (Wildman–Crippen MR) is 85.9 cm³/mol. The Kier molecular flexibility index (Phi) is 5.14. The molecule has 0 bridgehead atoms. The number of para-hydroxylation sites is 3. The van der Waals surface area contributed by atoms with E-state index in [0.717, 1.165) is 0 Å².